The Balaban J connectivity index is 0.00000441. The van der Waals surface area contributed by atoms with Crippen molar-refractivity contribution >= 4 is 38.4 Å². The van der Waals surface area contributed by atoms with Crippen molar-refractivity contribution in [3.05, 3.63) is 22.7 Å². The lowest BCUT2D eigenvalue weighted by Crippen LogP contribution is -2.34. The van der Waals surface area contributed by atoms with Crippen molar-refractivity contribution in [3.63, 3.8) is 0 Å². The lowest BCUT2D eigenvalue weighted by molar-refractivity contribution is 0.396. The third kappa shape index (κ3) is 5.38. The average molecular weight is 416 g/mol. The highest BCUT2D eigenvalue weighted by molar-refractivity contribution is 9.10. The van der Waals surface area contributed by atoms with Gasteiger partial charge in [-0.25, -0.2) is 12.7 Å². The molecule has 0 saturated heterocycles. The van der Waals surface area contributed by atoms with Crippen molar-refractivity contribution in [1.29, 1.82) is 0 Å². The third-order valence-corrected chi connectivity index (χ3v) is 5.97. The van der Waals surface area contributed by atoms with Crippen molar-refractivity contribution in [2.45, 2.75) is 31.2 Å². The maximum atomic E-state index is 12.5. The maximum Gasteiger partial charge on any atom is 0.242 e. The summed E-state index contributed by atoms with van der Waals surface area (Å²) < 4.78 is 32.2. The van der Waals surface area contributed by atoms with Crippen LogP contribution in [0.1, 0.15) is 20.3 Å². The number of halogens is 2. The molecule has 5 nitrogen and oxygen atoms in total. The Labute approximate surface area is 147 Å². The van der Waals surface area contributed by atoms with Gasteiger partial charge in [0.1, 0.15) is 5.75 Å². The van der Waals surface area contributed by atoms with Crippen molar-refractivity contribution in [2.24, 2.45) is 11.7 Å². The Hall–Kier alpha value is -0.340. The minimum atomic E-state index is -3.53. The van der Waals surface area contributed by atoms with Crippen LogP contribution in [-0.4, -0.2) is 39.5 Å². The lowest BCUT2D eigenvalue weighted by atomic mass is 10.0. The molecule has 1 aromatic rings. The molecule has 0 bridgehead atoms. The molecule has 0 saturated carbocycles. The van der Waals surface area contributed by atoms with Crippen LogP contribution in [0.25, 0.3) is 0 Å². The predicted octanol–water partition coefficient (Wildman–Crippen LogP) is 2.87. The summed E-state index contributed by atoms with van der Waals surface area (Å²) in [5.41, 5.74) is 5.96. The summed E-state index contributed by atoms with van der Waals surface area (Å²) in [4.78, 5) is 0.211. The van der Waals surface area contributed by atoms with Gasteiger partial charge in [0.05, 0.1) is 16.5 Å². The minimum Gasteiger partial charge on any atom is -0.496 e. The number of methoxy groups -OCH3 is 1. The van der Waals surface area contributed by atoms with E-state index in [0.717, 1.165) is 0 Å². The zero-order chi connectivity index (χ0) is 16.2. The van der Waals surface area contributed by atoms with Gasteiger partial charge in [-0.05, 0) is 40.4 Å². The monoisotopic (exact) mass is 414 g/mol. The van der Waals surface area contributed by atoms with Gasteiger partial charge in [0.25, 0.3) is 0 Å². The summed E-state index contributed by atoms with van der Waals surface area (Å²) in [5, 5.41) is 0. The number of sulfonamides is 1. The fourth-order valence-electron chi connectivity index (χ4n) is 1.76. The molecule has 0 aliphatic rings. The van der Waals surface area contributed by atoms with Gasteiger partial charge in [0.15, 0.2) is 0 Å². The van der Waals surface area contributed by atoms with Crippen molar-refractivity contribution < 1.29 is 13.2 Å². The molecule has 0 fully saturated rings. The number of nitrogens with two attached hydrogens (primary N) is 1. The Morgan fingerprint density at radius 1 is 1.36 bits per heavy atom. The smallest absolute Gasteiger partial charge is 0.242 e. The van der Waals surface area contributed by atoms with Gasteiger partial charge in [0, 0.05) is 25.7 Å². The van der Waals surface area contributed by atoms with Gasteiger partial charge in [-0.2, -0.15) is 0 Å². The summed E-state index contributed by atoms with van der Waals surface area (Å²) in [7, 11) is -0.465. The van der Waals surface area contributed by atoms with Gasteiger partial charge in [0.2, 0.25) is 10.0 Å². The fourth-order valence-corrected chi connectivity index (χ4v) is 3.38. The standard InChI is InChI=1S/C14H23BrN2O3S.ClH/c1-10(2)13(16)7-8-17(3)21(18,19)11-5-6-12(15)14(9-11)20-4;/h5-6,9-10,13H,7-8,16H2,1-4H3;1H. The Morgan fingerprint density at radius 3 is 2.45 bits per heavy atom. The van der Waals surface area contributed by atoms with E-state index in [2.05, 4.69) is 15.9 Å². The van der Waals surface area contributed by atoms with Crippen LogP contribution in [0.5, 0.6) is 5.75 Å². The summed E-state index contributed by atoms with van der Waals surface area (Å²) in [6, 6.07) is 4.72. The molecule has 0 radical (unpaired) electrons. The molecule has 0 aliphatic carbocycles. The van der Waals surface area contributed by atoms with E-state index >= 15 is 0 Å². The van der Waals surface area contributed by atoms with Gasteiger partial charge in [-0.3, -0.25) is 0 Å². The zero-order valence-corrected chi connectivity index (χ0v) is 16.5. The molecule has 1 unspecified atom stereocenters. The van der Waals surface area contributed by atoms with E-state index in [9.17, 15) is 8.42 Å². The highest BCUT2D eigenvalue weighted by atomic mass is 79.9. The molecule has 0 heterocycles. The largest absolute Gasteiger partial charge is 0.496 e. The average Bonchev–Trinajstić information content (AvgIpc) is 2.44. The molecule has 0 aliphatic heterocycles. The zero-order valence-electron chi connectivity index (χ0n) is 13.2. The fraction of sp³-hybridized carbons (Fsp3) is 0.571. The topological polar surface area (TPSA) is 72.6 Å². The lowest BCUT2D eigenvalue weighted by Gasteiger charge is -2.21. The quantitative estimate of drug-likeness (QED) is 0.743. The molecule has 0 aromatic heterocycles. The van der Waals surface area contributed by atoms with E-state index < -0.39 is 10.0 Å². The van der Waals surface area contributed by atoms with Crippen LogP contribution in [-0.2, 0) is 10.0 Å². The molecule has 22 heavy (non-hydrogen) atoms. The van der Waals surface area contributed by atoms with Gasteiger partial charge in [-0.15, -0.1) is 12.4 Å². The SMILES string of the molecule is COc1cc(S(=O)(=O)N(C)CCC(N)C(C)C)ccc1Br.Cl. The molecule has 1 atom stereocenters. The molecule has 128 valence electrons. The van der Waals surface area contributed by atoms with Crippen LogP contribution >= 0.6 is 28.3 Å². The molecule has 0 amide bonds. The van der Waals surface area contributed by atoms with E-state index in [1.807, 2.05) is 13.8 Å². The van der Waals surface area contributed by atoms with Gasteiger partial charge >= 0.3 is 0 Å². The number of hydrogen-bond donors (Lipinski definition) is 1. The molecule has 1 aromatic carbocycles. The molecular weight excluding hydrogens is 392 g/mol. The Morgan fingerprint density at radius 2 is 1.95 bits per heavy atom. The van der Waals surface area contributed by atoms with Crippen LogP contribution in [0.3, 0.4) is 0 Å². The second-order valence-electron chi connectivity index (χ2n) is 5.32. The van der Waals surface area contributed by atoms with Gasteiger partial charge in [-0.1, -0.05) is 13.8 Å². The minimum absolute atomic E-state index is 0. The normalized spacial score (nSPS) is 13.1. The predicted molar refractivity (Wildman–Crippen MR) is 95.2 cm³/mol. The first-order valence-electron chi connectivity index (χ1n) is 6.75. The second kappa shape index (κ2) is 9.08. The number of rotatable bonds is 7. The number of nitrogens with zero attached hydrogens (tertiary/aromatic N) is 1. The van der Waals surface area contributed by atoms with Crippen LogP contribution in [0.15, 0.2) is 27.6 Å². The first-order chi connectivity index (χ1) is 9.70. The summed E-state index contributed by atoms with van der Waals surface area (Å²) in [6.45, 7) is 4.44. The second-order valence-corrected chi connectivity index (χ2v) is 8.22. The highest BCUT2D eigenvalue weighted by Crippen LogP contribution is 2.28. The Kier molecular flexibility index (Phi) is 8.94. The molecule has 8 heteroatoms. The van der Waals surface area contributed by atoms with E-state index in [1.54, 1.807) is 19.2 Å². The number of ether oxygens (including phenoxy) is 1. The molecule has 0 spiro atoms. The van der Waals surface area contributed by atoms with E-state index in [1.165, 1.54) is 17.5 Å². The van der Waals surface area contributed by atoms with Crippen LogP contribution in [0.4, 0.5) is 0 Å². The maximum absolute atomic E-state index is 12.5. The first kappa shape index (κ1) is 21.7. The molecule has 2 N–H and O–H groups in total. The highest BCUT2D eigenvalue weighted by Gasteiger charge is 2.22. The first-order valence-corrected chi connectivity index (χ1v) is 8.99. The van der Waals surface area contributed by atoms with Crippen LogP contribution in [0.2, 0.25) is 0 Å². The van der Waals surface area contributed by atoms with Crippen LogP contribution in [0, 0.1) is 5.92 Å². The summed E-state index contributed by atoms with van der Waals surface area (Å²) in [5.74, 6) is 0.817. The summed E-state index contributed by atoms with van der Waals surface area (Å²) in [6.07, 6.45) is 0.626. The van der Waals surface area contributed by atoms with Gasteiger partial charge < -0.3 is 10.5 Å². The summed E-state index contributed by atoms with van der Waals surface area (Å²) >= 11 is 3.31. The molecule has 1 rings (SSSR count). The van der Waals surface area contributed by atoms with Crippen molar-refractivity contribution in [1.82, 2.24) is 4.31 Å². The molecular formula is C14H24BrClN2O3S. The number of hydrogen-bond acceptors (Lipinski definition) is 4. The van der Waals surface area contributed by atoms with Crippen LogP contribution < -0.4 is 10.5 Å². The number of benzene rings is 1. The Bertz CT molecular complexity index is 581. The van der Waals surface area contributed by atoms with Crippen molar-refractivity contribution in [2.75, 3.05) is 20.7 Å². The third-order valence-electron chi connectivity index (χ3n) is 3.46. The van der Waals surface area contributed by atoms with Crippen molar-refractivity contribution in [3.8, 4) is 5.75 Å². The van der Waals surface area contributed by atoms with E-state index in [4.69, 9.17) is 10.5 Å². The van der Waals surface area contributed by atoms with E-state index in [-0.39, 0.29) is 23.3 Å². The van der Waals surface area contributed by atoms with E-state index in [0.29, 0.717) is 29.1 Å².